The zero-order valence-electron chi connectivity index (χ0n) is 15.4. The van der Waals surface area contributed by atoms with Crippen LogP contribution in [-0.4, -0.2) is 48.8 Å². The number of rotatable bonds is 7. The summed E-state index contributed by atoms with van der Waals surface area (Å²) in [5, 5.41) is 10.8. The Bertz CT molecular complexity index is 655. The van der Waals surface area contributed by atoms with Gasteiger partial charge in [0.2, 0.25) is 0 Å². The number of sulfone groups is 1. The molecule has 0 bridgehead atoms. The van der Waals surface area contributed by atoms with Crippen LogP contribution in [0.2, 0.25) is 0 Å². The third-order valence-electron chi connectivity index (χ3n) is 3.70. The van der Waals surface area contributed by atoms with Gasteiger partial charge in [-0.25, -0.2) is 13.4 Å². The first-order valence-corrected chi connectivity index (χ1v) is 9.91. The largest absolute Gasteiger partial charge is 0.357 e. The van der Waals surface area contributed by atoms with Gasteiger partial charge in [-0.15, -0.1) is 24.0 Å². The van der Waals surface area contributed by atoms with Gasteiger partial charge in [0.1, 0.15) is 9.84 Å². The molecular weight excluding hydrogens is 441 g/mol. The molecule has 0 aliphatic rings. The van der Waals surface area contributed by atoms with E-state index in [1.807, 2.05) is 39.4 Å². The molecule has 0 saturated heterocycles. The lowest BCUT2D eigenvalue weighted by molar-refractivity contribution is 0.581. The summed E-state index contributed by atoms with van der Waals surface area (Å²) in [6.07, 6.45) is 1.81. The Morgan fingerprint density at radius 3 is 2.46 bits per heavy atom. The molecule has 0 aliphatic carbocycles. The Balaban J connectivity index is 0.00000529. The van der Waals surface area contributed by atoms with Crippen LogP contribution in [0.3, 0.4) is 0 Å². The van der Waals surface area contributed by atoms with Gasteiger partial charge < -0.3 is 10.6 Å². The molecule has 0 fully saturated rings. The minimum Gasteiger partial charge on any atom is -0.357 e. The molecule has 24 heavy (non-hydrogen) atoms. The Hall–Kier alpha value is -0.840. The first kappa shape index (κ1) is 23.2. The fraction of sp³-hybridized carbons (Fsp3) is 0.733. The van der Waals surface area contributed by atoms with Crippen LogP contribution in [0.1, 0.15) is 37.2 Å². The van der Waals surface area contributed by atoms with Gasteiger partial charge in [-0.3, -0.25) is 4.68 Å². The molecule has 1 atom stereocenters. The van der Waals surface area contributed by atoms with E-state index in [1.165, 1.54) is 6.26 Å². The highest BCUT2D eigenvalue weighted by molar-refractivity contribution is 14.0. The minimum atomic E-state index is -2.94. The highest BCUT2D eigenvalue weighted by atomic mass is 127. The molecule has 0 radical (unpaired) electrons. The second-order valence-corrected chi connectivity index (χ2v) is 8.19. The zero-order chi connectivity index (χ0) is 17.6. The van der Waals surface area contributed by atoms with Crippen LogP contribution >= 0.6 is 24.0 Å². The first-order chi connectivity index (χ1) is 10.6. The number of hydrogen-bond donors (Lipinski definition) is 2. The van der Waals surface area contributed by atoms with Gasteiger partial charge in [-0.1, -0.05) is 0 Å². The van der Waals surface area contributed by atoms with Gasteiger partial charge >= 0.3 is 0 Å². The number of aryl methyl sites for hydroxylation is 2. The van der Waals surface area contributed by atoms with E-state index in [9.17, 15) is 8.42 Å². The zero-order valence-corrected chi connectivity index (χ0v) is 18.5. The Kier molecular flexibility index (Phi) is 9.86. The van der Waals surface area contributed by atoms with Crippen molar-refractivity contribution in [1.29, 1.82) is 0 Å². The molecule has 9 heteroatoms. The molecule has 0 amide bonds. The molecule has 140 valence electrons. The SMILES string of the molecule is CCNC(=NCc1c(C)nn(C)c1C)NC(C)CCS(C)(=O)=O.I. The third kappa shape index (κ3) is 7.82. The highest BCUT2D eigenvalue weighted by Gasteiger charge is 2.11. The Labute approximate surface area is 162 Å². The van der Waals surface area contributed by atoms with Gasteiger partial charge in [0.15, 0.2) is 5.96 Å². The summed E-state index contributed by atoms with van der Waals surface area (Å²) in [6, 6.07) is 0.0265. The molecule has 0 aromatic carbocycles. The third-order valence-corrected chi connectivity index (χ3v) is 4.68. The molecular formula is C15H30IN5O2S. The Morgan fingerprint density at radius 2 is 2.00 bits per heavy atom. The number of aromatic nitrogens is 2. The number of nitrogens with zero attached hydrogens (tertiary/aromatic N) is 3. The Morgan fingerprint density at radius 1 is 1.38 bits per heavy atom. The van der Waals surface area contributed by atoms with Crippen molar-refractivity contribution < 1.29 is 8.42 Å². The van der Waals surface area contributed by atoms with Crippen LogP contribution in [-0.2, 0) is 23.4 Å². The van der Waals surface area contributed by atoms with Gasteiger partial charge in [-0.05, 0) is 34.1 Å². The van der Waals surface area contributed by atoms with Crippen molar-refractivity contribution in [2.24, 2.45) is 12.0 Å². The second-order valence-electron chi connectivity index (χ2n) is 5.93. The van der Waals surface area contributed by atoms with E-state index in [2.05, 4.69) is 20.7 Å². The molecule has 7 nitrogen and oxygen atoms in total. The quantitative estimate of drug-likeness (QED) is 0.358. The fourth-order valence-electron chi connectivity index (χ4n) is 2.22. The molecule has 1 heterocycles. The maximum atomic E-state index is 11.3. The molecule has 2 N–H and O–H groups in total. The smallest absolute Gasteiger partial charge is 0.191 e. The van der Waals surface area contributed by atoms with Crippen molar-refractivity contribution in [2.45, 2.75) is 46.7 Å². The average molecular weight is 471 g/mol. The molecule has 1 aromatic rings. The number of nitrogens with one attached hydrogen (secondary N) is 2. The molecule has 1 rings (SSSR count). The van der Waals surface area contributed by atoms with E-state index >= 15 is 0 Å². The van der Waals surface area contributed by atoms with Crippen LogP contribution < -0.4 is 10.6 Å². The molecule has 1 aromatic heterocycles. The maximum Gasteiger partial charge on any atom is 0.191 e. The number of guanidine groups is 1. The van der Waals surface area contributed by atoms with Gasteiger partial charge in [-0.2, -0.15) is 5.10 Å². The number of hydrogen-bond acceptors (Lipinski definition) is 4. The van der Waals surface area contributed by atoms with E-state index in [-0.39, 0.29) is 35.8 Å². The summed E-state index contributed by atoms with van der Waals surface area (Å²) in [4.78, 5) is 4.59. The standard InChI is InChI=1S/C15H29N5O2S.HI/c1-7-16-15(18-11(2)8-9-23(6,21)22)17-10-14-12(3)19-20(5)13(14)4;/h11H,7-10H2,1-6H3,(H2,16,17,18);1H. The summed E-state index contributed by atoms with van der Waals surface area (Å²) < 4.78 is 24.4. The topological polar surface area (TPSA) is 88.4 Å². The predicted octanol–water partition coefficient (Wildman–Crippen LogP) is 1.53. The van der Waals surface area contributed by atoms with E-state index in [1.54, 1.807) is 0 Å². The van der Waals surface area contributed by atoms with E-state index in [4.69, 9.17) is 0 Å². The van der Waals surface area contributed by atoms with Gasteiger partial charge in [0.25, 0.3) is 0 Å². The lowest BCUT2D eigenvalue weighted by Crippen LogP contribution is -2.42. The molecule has 1 unspecified atom stereocenters. The van der Waals surface area contributed by atoms with E-state index in [0.717, 1.165) is 23.5 Å². The van der Waals surface area contributed by atoms with Crippen LogP contribution in [0.15, 0.2) is 4.99 Å². The summed E-state index contributed by atoms with van der Waals surface area (Å²) in [6.45, 7) is 9.25. The summed E-state index contributed by atoms with van der Waals surface area (Å²) in [5.74, 6) is 0.859. The number of halogens is 1. The summed E-state index contributed by atoms with van der Waals surface area (Å²) >= 11 is 0. The fourth-order valence-corrected chi connectivity index (χ4v) is 3.00. The van der Waals surface area contributed by atoms with E-state index < -0.39 is 9.84 Å². The van der Waals surface area contributed by atoms with Gasteiger partial charge in [0.05, 0.1) is 18.0 Å². The monoisotopic (exact) mass is 471 g/mol. The number of aliphatic imine (C=N–C) groups is 1. The molecule has 0 aliphatic heterocycles. The average Bonchev–Trinajstić information content (AvgIpc) is 2.67. The lowest BCUT2D eigenvalue weighted by atomic mass is 10.2. The first-order valence-electron chi connectivity index (χ1n) is 7.85. The van der Waals surface area contributed by atoms with Crippen molar-refractivity contribution >= 4 is 39.8 Å². The maximum absolute atomic E-state index is 11.3. The van der Waals surface area contributed by atoms with Crippen LogP contribution in [0.5, 0.6) is 0 Å². The normalized spacial score (nSPS) is 13.3. The van der Waals surface area contributed by atoms with Crippen LogP contribution in [0, 0.1) is 13.8 Å². The van der Waals surface area contributed by atoms with Crippen molar-refractivity contribution in [3.8, 4) is 0 Å². The predicted molar refractivity (Wildman–Crippen MR) is 110 cm³/mol. The minimum absolute atomic E-state index is 0. The summed E-state index contributed by atoms with van der Waals surface area (Å²) in [7, 11) is -1.02. The molecule has 0 saturated carbocycles. The van der Waals surface area contributed by atoms with Crippen molar-refractivity contribution in [3.05, 3.63) is 17.0 Å². The van der Waals surface area contributed by atoms with Crippen molar-refractivity contribution in [2.75, 3.05) is 18.6 Å². The highest BCUT2D eigenvalue weighted by Crippen LogP contribution is 2.12. The van der Waals surface area contributed by atoms with Crippen molar-refractivity contribution in [3.63, 3.8) is 0 Å². The lowest BCUT2D eigenvalue weighted by Gasteiger charge is -2.17. The van der Waals surface area contributed by atoms with Crippen molar-refractivity contribution in [1.82, 2.24) is 20.4 Å². The van der Waals surface area contributed by atoms with E-state index in [0.29, 0.717) is 18.9 Å². The second kappa shape index (κ2) is 10.2. The van der Waals surface area contributed by atoms with Crippen LogP contribution in [0.4, 0.5) is 0 Å². The van der Waals surface area contributed by atoms with Gasteiger partial charge in [0, 0.05) is 37.1 Å². The van der Waals surface area contributed by atoms with Crippen LogP contribution in [0.25, 0.3) is 0 Å². The summed E-state index contributed by atoms with van der Waals surface area (Å²) in [5.41, 5.74) is 3.20. The molecule has 0 spiro atoms.